The molecule has 2 aliphatic rings. The van der Waals surface area contributed by atoms with Gasteiger partial charge in [0.1, 0.15) is 0 Å². The summed E-state index contributed by atoms with van der Waals surface area (Å²) in [6.07, 6.45) is 1.38. The first kappa shape index (κ1) is 7.50. The minimum absolute atomic E-state index is 0.258. The number of rotatable bonds is 0. The number of halogens is 1. The molecule has 0 aromatic heterocycles. The third kappa shape index (κ3) is 1.16. The number of nitrogens with zero attached hydrogens (tertiary/aromatic N) is 1. The van der Waals surface area contributed by atoms with Gasteiger partial charge in [-0.1, -0.05) is 0 Å². The van der Waals surface area contributed by atoms with E-state index >= 15 is 0 Å². The summed E-state index contributed by atoms with van der Waals surface area (Å²) in [4.78, 5) is 2.29. The van der Waals surface area contributed by atoms with Crippen LogP contribution in [0.1, 0.15) is 12.8 Å². The lowest BCUT2D eigenvalue weighted by atomic mass is 9.93. The highest BCUT2D eigenvalue weighted by Crippen LogP contribution is 2.31. The van der Waals surface area contributed by atoms with Crippen molar-refractivity contribution in [2.24, 2.45) is 5.92 Å². The van der Waals surface area contributed by atoms with Crippen molar-refractivity contribution in [3.8, 4) is 0 Å². The molecule has 0 aliphatic carbocycles. The molecule has 2 rings (SSSR count). The summed E-state index contributed by atoms with van der Waals surface area (Å²) in [5.74, 6) is 0.258. The van der Waals surface area contributed by atoms with Crippen LogP contribution < -0.4 is 5.32 Å². The average molecular weight is 158 g/mol. The van der Waals surface area contributed by atoms with Crippen LogP contribution in [0.3, 0.4) is 0 Å². The van der Waals surface area contributed by atoms with Crippen LogP contribution in [0.4, 0.5) is 4.39 Å². The Balaban J connectivity index is 2.07. The van der Waals surface area contributed by atoms with Crippen molar-refractivity contribution in [3.05, 3.63) is 0 Å². The number of likely N-dealkylation sites (tertiary alicyclic amines) is 1. The van der Waals surface area contributed by atoms with E-state index in [1.54, 1.807) is 0 Å². The lowest BCUT2D eigenvalue weighted by Crippen LogP contribution is -2.47. The maximum atomic E-state index is 13.2. The maximum absolute atomic E-state index is 13.2. The van der Waals surface area contributed by atoms with Gasteiger partial charge in [-0.2, -0.15) is 0 Å². The zero-order valence-corrected chi connectivity index (χ0v) is 6.89. The smallest absolute Gasteiger partial charge is 0.155 e. The molecular formula is C8H15FN2. The zero-order valence-electron chi connectivity index (χ0n) is 6.89. The van der Waals surface area contributed by atoms with E-state index in [9.17, 15) is 4.39 Å². The predicted octanol–water partition coefficient (Wildman–Crippen LogP) is 0.596. The van der Waals surface area contributed by atoms with Crippen LogP contribution in [-0.4, -0.2) is 37.4 Å². The molecule has 11 heavy (non-hydrogen) atoms. The standard InChI is InChI=1S/C8H15FN2/c1-11-5-3-6-7(11)2-4-10-8(6)9/h6-8,10H,2-5H2,1H3. The van der Waals surface area contributed by atoms with Crippen molar-refractivity contribution in [1.29, 1.82) is 0 Å². The van der Waals surface area contributed by atoms with Gasteiger partial charge in [-0.05, 0) is 33.0 Å². The Morgan fingerprint density at radius 1 is 1.45 bits per heavy atom. The molecule has 2 aliphatic heterocycles. The molecule has 0 amide bonds. The molecule has 2 heterocycles. The summed E-state index contributed by atoms with van der Waals surface area (Å²) in [5, 5.41) is 2.88. The lowest BCUT2D eigenvalue weighted by molar-refractivity contribution is 0.103. The average Bonchev–Trinajstić information content (AvgIpc) is 2.35. The molecular weight excluding hydrogens is 143 g/mol. The Bertz CT molecular complexity index is 149. The minimum atomic E-state index is -0.751. The van der Waals surface area contributed by atoms with Gasteiger partial charge in [0.05, 0.1) is 0 Å². The van der Waals surface area contributed by atoms with Gasteiger partial charge in [0.2, 0.25) is 0 Å². The number of piperidine rings is 1. The number of hydrogen-bond donors (Lipinski definition) is 1. The Morgan fingerprint density at radius 2 is 2.27 bits per heavy atom. The first-order valence-electron chi connectivity index (χ1n) is 4.37. The molecule has 3 atom stereocenters. The molecule has 0 aromatic rings. The molecule has 2 fully saturated rings. The molecule has 0 aromatic carbocycles. The van der Waals surface area contributed by atoms with Crippen molar-refractivity contribution in [2.45, 2.75) is 25.2 Å². The lowest BCUT2D eigenvalue weighted by Gasteiger charge is -2.32. The molecule has 3 unspecified atom stereocenters. The van der Waals surface area contributed by atoms with Crippen LogP contribution in [0.5, 0.6) is 0 Å². The fourth-order valence-electron chi connectivity index (χ4n) is 2.33. The fourth-order valence-corrected chi connectivity index (χ4v) is 2.33. The van der Waals surface area contributed by atoms with Gasteiger partial charge in [0.15, 0.2) is 6.30 Å². The first-order valence-corrected chi connectivity index (χ1v) is 4.37. The monoisotopic (exact) mass is 158 g/mol. The van der Waals surface area contributed by atoms with Crippen LogP contribution in [0.25, 0.3) is 0 Å². The van der Waals surface area contributed by atoms with Gasteiger partial charge in [0, 0.05) is 12.0 Å². The SMILES string of the molecule is CN1CCC2C(F)NCCC21. The van der Waals surface area contributed by atoms with Gasteiger partial charge in [-0.15, -0.1) is 0 Å². The first-order chi connectivity index (χ1) is 5.29. The van der Waals surface area contributed by atoms with Gasteiger partial charge in [-0.25, -0.2) is 4.39 Å². The Kier molecular flexibility index (Phi) is 1.85. The normalized spacial score (nSPS) is 45.8. The summed E-state index contributed by atoms with van der Waals surface area (Å²) in [5.41, 5.74) is 0. The van der Waals surface area contributed by atoms with E-state index in [1.165, 1.54) is 0 Å². The Hall–Kier alpha value is -0.150. The van der Waals surface area contributed by atoms with Gasteiger partial charge in [-0.3, -0.25) is 5.32 Å². The van der Waals surface area contributed by atoms with E-state index in [1.807, 2.05) is 0 Å². The van der Waals surface area contributed by atoms with Crippen molar-refractivity contribution in [1.82, 2.24) is 10.2 Å². The van der Waals surface area contributed by atoms with Crippen molar-refractivity contribution in [2.75, 3.05) is 20.1 Å². The molecule has 2 nitrogen and oxygen atoms in total. The molecule has 1 N–H and O–H groups in total. The van der Waals surface area contributed by atoms with Gasteiger partial charge < -0.3 is 4.90 Å². The number of hydrogen-bond acceptors (Lipinski definition) is 2. The third-order valence-electron chi connectivity index (χ3n) is 3.03. The second-order valence-electron chi connectivity index (χ2n) is 3.65. The second-order valence-corrected chi connectivity index (χ2v) is 3.65. The van der Waals surface area contributed by atoms with E-state index in [4.69, 9.17) is 0 Å². The minimum Gasteiger partial charge on any atom is -0.303 e. The van der Waals surface area contributed by atoms with Crippen molar-refractivity contribution < 1.29 is 4.39 Å². The van der Waals surface area contributed by atoms with E-state index in [0.29, 0.717) is 6.04 Å². The van der Waals surface area contributed by atoms with Crippen LogP contribution in [-0.2, 0) is 0 Å². The largest absolute Gasteiger partial charge is 0.303 e. The van der Waals surface area contributed by atoms with E-state index in [2.05, 4.69) is 17.3 Å². The molecule has 0 radical (unpaired) electrons. The molecule has 0 spiro atoms. The van der Waals surface area contributed by atoms with Crippen LogP contribution in [0, 0.1) is 5.92 Å². The van der Waals surface area contributed by atoms with Gasteiger partial charge >= 0.3 is 0 Å². The van der Waals surface area contributed by atoms with Crippen molar-refractivity contribution in [3.63, 3.8) is 0 Å². The zero-order chi connectivity index (χ0) is 7.84. The fraction of sp³-hybridized carbons (Fsp3) is 1.00. The molecule has 0 saturated carbocycles. The van der Waals surface area contributed by atoms with E-state index in [0.717, 1.165) is 25.9 Å². The summed E-state index contributed by atoms with van der Waals surface area (Å²) >= 11 is 0. The second kappa shape index (κ2) is 2.72. The molecule has 3 heteroatoms. The summed E-state index contributed by atoms with van der Waals surface area (Å²) in [6, 6.07) is 0.506. The summed E-state index contributed by atoms with van der Waals surface area (Å²) in [7, 11) is 2.10. The van der Waals surface area contributed by atoms with E-state index in [-0.39, 0.29) is 5.92 Å². The Labute approximate surface area is 66.8 Å². The quantitative estimate of drug-likeness (QED) is 0.519. The topological polar surface area (TPSA) is 15.3 Å². The summed E-state index contributed by atoms with van der Waals surface area (Å²) in [6.45, 7) is 1.91. The third-order valence-corrected chi connectivity index (χ3v) is 3.03. The number of alkyl halides is 1. The molecule has 2 saturated heterocycles. The predicted molar refractivity (Wildman–Crippen MR) is 42.0 cm³/mol. The Morgan fingerprint density at radius 3 is 3.00 bits per heavy atom. The van der Waals surface area contributed by atoms with E-state index < -0.39 is 6.30 Å². The highest BCUT2D eigenvalue weighted by atomic mass is 19.1. The maximum Gasteiger partial charge on any atom is 0.155 e. The molecule has 0 bridgehead atoms. The molecule has 64 valence electrons. The van der Waals surface area contributed by atoms with Crippen LogP contribution >= 0.6 is 0 Å². The van der Waals surface area contributed by atoms with Crippen LogP contribution in [0.15, 0.2) is 0 Å². The number of nitrogens with one attached hydrogen (secondary N) is 1. The van der Waals surface area contributed by atoms with Crippen LogP contribution in [0.2, 0.25) is 0 Å². The summed E-state index contributed by atoms with van der Waals surface area (Å²) < 4.78 is 13.2. The highest BCUT2D eigenvalue weighted by Gasteiger charge is 2.39. The highest BCUT2D eigenvalue weighted by molar-refractivity contribution is 4.92. The van der Waals surface area contributed by atoms with Crippen molar-refractivity contribution >= 4 is 0 Å². The van der Waals surface area contributed by atoms with Gasteiger partial charge in [0.25, 0.3) is 0 Å². The number of fused-ring (bicyclic) bond motifs is 1.